The lowest BCUT2D eigenvalue weighted by Crippen LogP contribution is -1.95. The molecule has 0 aliphatic carbocycles. The maximum absolute atomic E-state index is 2.46. The summed E-state index contributed by atoms with van der Waals surface area (Å²) in [5.41, 5.74) is 5.01. The van der Waals surface area contributed by atoms with Crippen molar-refractivity contribution < 1.29 is 0 Å². The van der Waals surface area contributed by atoms with E-state index in [2.05, 4.69) is 121 Å². The van der Waals surface area contributed by atoms with E-state index in [1.807, 2.05) is 0 Å². The van der Waals surface area contributed by atoms with E-state index in [1.54, 1.807) is 0 Å². The first-order valence-electron chi connectivity index (χ1n) is 11.1. The first kappa shape index (κ1) is 17.6. The summed E-state index contributed by atoms with van der Waals surface area (Å²) in [5.74, 6) is 0. The molecule has 7 aromatic rings. The third-order valence-electron chi connectivity index (χ3n) is 6.79. The first-order chi connectivity index (χ1) is 15.8. The molecule has 6 aromatic carbocycles. The number of aromatic nitrogens is 1. The van der Waals surface area contributed by atoms with Crippen LogP contribution in [0.15, 0.2) is 109 Å². The number of para-hydroxylation sites is 1. The van der Waals surface area contributed by atoms with E-state index in [9.17, 15) is 0 Å². The number of fused-ring (bicyclic) bond motifs is 10. The van der Waals surface area contributed by atoms with E-state index >= 15 is 0 Å². The zero-order valence-electron chi connectivity index (χ0n) is 17.8. The molecule has 0 saturated carbocycles. The second kappa shape index (κ2) is 6.45. The van der Waals surface area contributed by atoms with Crippen LogP contribution < -0.4 is 0 Å². The summed E-state index contributed by atoms with van der Waals surface area (Å²) in [6, 6.07) is 39.9. The van der Waals surface area contributed by atoms with Gasteiger partial charge >= 0.3 is 0 Å². The molecule has 0 unspecified atom stereocenters. The summed E-state index contributed by atoms with van der Waals surface area (Å²) < 4.78 is 2.46. The van der Waals surface area contributed by atoms with Crippen LogP contribution in [0.3, 0.4) is 0 Å². The number of aryl methyl sites for hydroxylation is 1. The summed E-state index contributed by atoms with van der Waals surface area (Å²) in [7, 11) is 0. The van der Waals surface area contributed by atoms with Crippen LogP contribution >= 0.6 is 0 Å². The van der Waals surface area contributed by atoms with Crippen molar-refractivity contribution >= 4 is 54.1 Å². The average molecular weight is 408 g/mol. The van der Waals surface area contributed by atoms with Crippen molar-refractivity contribution in [3.05, 3.63) is 115 Å². The normalized spacial score (nSPS) is 11.9. The Labute approximate surface area is 186 Å². The Bertz CT molecular complexity index is 1840. The Kier molecular flexibility index (Phi) is 3.54. The van der Waals surface area contributed by atoms with Crippen molar-refractivity contribution in [2.75, 3.05) is 0 Å². The maximum atomic E-state index is 2.46. The van der Waals surface area contributed by atoms with Crippen LogP contribution in [0, 0.1) is 6.92 Å². The van der Waals surface area contributed by atoms with Gasteiger partial charge < -0.3 is 4.57 Å². The van der Waals surface area contributed by atoms with Crippen molar-refractivity contribution in [3.63, 3.8) is 0 Å². The minimum absolute atomic E-state index is 1.21. The molecule has 0 N–H and O–H groups in total. The average Bonchev–Trinajstić information content (AvgIpc) is 3.19. The van der Waals surface area contributed by atoms with Crippen molar-refractivity contribution in [2.24, 2.45) is 0 Å². The molecule has 0 radical (unpaired) electrons. The van der Waals surface area contributed by atoms with E-state index < -0.39 is 0 Å². The van der Waals surface area contributed by atoms with Crippen LogP contribution in [0.25, 0.3) is 59.8 Å². The molecule has 0 aliphatic heterocycles. The largest absolute Gasteiger partial charge is 0.309 e. The molecular formula is C31H21N. The number of rotatable bonds is 1. The molecule has 0 fully saturated rings. The molecule has 0 atom stereocenters. The van der Waals surface area contributed by atoms with Crippen molar-refractivity contribution in [1.29, 1.82) is 0 Å². The Hall–Kier alpha value is -4.10. The number of benzene rings is 6. The molecule has 150 valence electrons. The fraction of sp³-hybridized carbons (Fsp3) is 0.0323. The zero-order chi connectivity index (χ0) is 21.2. The zero-order valence-corrected chi connectivity index (χ0v) is 17.8. The van der Waals surface area contributed by atoms with Gasteiger partial charge in [-0.25, -0.2) is 0 Å². The molecule has 0 aliphatic rings. The van der Waals surface area contributed by atoms with E-state index in [1.165, 1.54) is 65.4 Å². The molecule has 0 saturated heterocycles. The monoisotopic (exact) mass is 407 g/mol. The van der Waals surface area contributed by atoms with Crippen LogP contribution in [0.5, 0.6) is 0 Å². The molecule has 1 heteroatoms. The summed E-state index contributed by atoms with van der Waals surface area (Å²) in [4.78, 5) is 0. The highest BCUT2D eigenvalue weighted by molar-refractivity contribution is 6.36. The Morgan fingerprint density at radius 2 is 1.22 bits per heavy atom. The highest BCUT2D eigenvalue weighted by Crippen LogP contribution is 2.44. The van der Waals surface area contributed by atoms with Gasteiger partial charge in [0.05, 0.1) is 11.0 Å². The number of hydrogen-bond donors (Lipinski definition) is 0. The van der Waals surface area contributed by atoms with Gasteiger partial charge in [-0.3, -0.25) is 0 Å². The fourth-order valence-electron chi connectivity index (χ4n) is 5.47. The molecule has 0 amide bonds. The number of hydrogen-bond acceptors (Lipinski definition) is 0. The molecule has 1 heterocycles. The predicted molar refractivity (Wildman–Crippen MR) is 138 cm³/mol. The SMILES string of the molecule is Cc1cccc(-n2c3ccccc3c3c4c5ccccc5ccc4c4ccccc4c32)c1. The topological polar surface area (TPSA) is 4.93 Å². The molecule has 7 rings (SSSR count). The summed E-state index contributed by atoms with van der Waals surface area (Å²) in [5, 5.41) is 10.5. The van der Waals surface area contributed by atoms with Gasteiger partial charge in [-0.2, -0.15) is 0 Å². The Balaban J connectivity index is 1.88. The minimum atomic E-state index is 1.21. The summed E-state index contributed by atoms with van der Waals surface area (Å²) in [6.45, 7) is 2.17. The van der Waals surface area contributed by atoms with Crippen LogP contribution in [-0.4, -0.2) is 4.57 Å². The van der Waals surface area contributed by atoms with Crippen LogP contribution in [0.2, 0.25) is 0 Å². The van der Waals surface area contributed by atoms with Gasteiger partial charge in [-0.05, 0) is 52.2 Å². The van der Waals surface area contributed by atoms with E-state index in [0.717, 1.165) is 0 Å². The third kappa shape index (κ3) is 2.28. The van der Waals surface area contributed by atoms with E-state index in [4.69, 9.17) is 0 Å². The Morgan fingerprint density at radius 3 is 2.06 bits per heavy atom. The molecule has 1 nitrogen and oxygen atoms in total. The van der Waals surface area contributed by atoms with E-state index in [-0.39, 0.29) is 0 Å². The van der Waals surface area contributed by atoms with Crippen LogP contribution in [0.1, 0.15) is 5.56 Å². The first-order valence-corrected chi connectivity index (χ1v) is 11.1. The lowest BCUT2D eigenvalue weighted by atomic mass is 9.93. The summed E-state index contributed by atoms with van der Waals surface area (Å²) >= 11 is 0. The van der Waals surface area contributed by atoms with Crippen LogP contribution in [-0.2, 0) is 0 Å². The molecule has 0 spiro atoms. The second-order valence-corrected chi connectivity index (χ2v) is 8.67. The summed E-state index contributed by atoms with van der Waals surface area (Å²) in [6.07, 6.45) is 0. The predicted octanol–water partition coefficient (Wildman–Crippen LogP) is 8.55. The third-order valence-corrected chi connectivity index (χ3v) is 6.79. The second-order valence-electron chi connectivity index (χ2n) is 8.67. The lowest BCUT2D eigenvalue weighted by molar-refractivity contribution is 1.18. The highest BCUT2D eigenvalue weighted by Gasteiger charge is 2.19. The van der Waals surface area contributed by atoms with Gasteiger partial charge in [0.2, 0.25) is 0 Å². The molecule has 0 bridgehead atoms. The fourth-order valence-corrected chi connectivity index (χ4v) is 5.47. The van der Waals surface area contributed by atoms with Crippen molar-refractivity contribution in [1.82, 2.24) is 4.57 Å². The standard InChI is InChI=1S/C31H21N/c1-20-9-8-11-22(19-20)32-28-16-7-6-15-27(28)30-29-23-12-3-2-10-21(23)17-18-25(29)24-13-4-5-14-26(24)31(30)32/h2-19H,1H3. The van der Waals surface area contributed by atoms with Crippen molar-refractivity contribution in [3.8, 4) is 5.69 Å². The minimum Gasteiger partial charge on any atom is -0.309 e. The smallest absolute Gasteiger partial charge is 0.0626 e. The van der Waals surface area contributed by atoms with Gasteiger partial charge in [-0.15, -0.1) is 0 Å². The van der Waals surface area contributed by atoms with Crippen LogP contribution in [0.4, 0.5) is 0 Å². The Morgan fingerprint density at radius 1 is 0.500 bits per heavy atom. The van der Waals surface area contributed by atoms with Gasteiger partial charge in [0.1, 0.15) is 0 Å². The quantitative estimate of drug-likeness (QED) is 0.240. The maximum Gasteiger partial charge on any atom is 0.0626 e. The molecule has 32 heavy (non-hydrogen) atoms. The highest BCUT2D eigenvalue weighted by atomic mass is 15.0. The molecule has 1 aromatic heterocycles. The van der Waals surface area contributed by atoms with Gasteiger partial charge in [0, 0.05) is 27.2 Å². The van der Waals surface area contributed by atoms with E-state index in [0.29, 0.717) is 0 Å². The van der Waals surface area contributed by atoms with Gasteiger partial charge in [-0.1, -0.05) is 91.0 Å². The number of nitrogens with zero attached hydrogens (tertiary/aromatic N) is 1. The van der Waals surface area contributed by atoms with Gasteiger partial charge in [0.15, 0.2) is 0 Å². The molecular weight excluding hydrogens is 386 g/mol. The van der Waals surface area contributed by atoms with Gasteiger partial charge in [0.25, 0.3) is 0 Å². The lowest BCUT2D eigenvalue weighted by Gasteiger charge is -2.14. The van der Waals surface area contributed by atoms with Crippen molar-refractivity contribution in [2.45, 2.75) is 6.92 Å².